The predicted octanol–water partition coefficient (Wildman–Crippen LogP) is 5.87. The molecule has 0 saturated heterocycles. The van der Waals surface area contributed by atoms with E-state index in [1.807, 2.05) is 36.4 Å². The number of hydrogen-bond donors (Lipinski definition) is 0. The van der Waals surface area contributed by atoms with Gasteiger partial charge in [0.25, 0.3) is 0 Å². The minimum atomic E-state index is 0.174. The average Bonchev–Trinajstić information content (AvgIpc) is 3.16. The van der Waals surface area contributed by atoms with Gasteiger partial charge in [0, 0.05) is 22.4 Å². The fourth-order valence-electron chi connectivity index (χ4n) is 3.06. The molecule has 0 radical (unpaired) electrons. The molecule has 0 amide bonds. The Morgan fingerprint density at radius 2 is 1.46 bits per heavy atom. The van der Waals surface area contributed by atoms with Crippen molar-refractivity contribution in [2.75, 3.05) is 0 Å². The summed E-state index contributed by atoms with van der Waals surface area (Å²) in [6.07, 6.45) is 0.662. The first-order chi connectivity index (χ1) is 12.8. The lowest BCUT2D eigenvalue weighted by Crippen LogP contribution is -2.05. The SMILES string of the molecule is Brc1cccc(-c2noc(CC(c3ccccc3)c3ccccc3)n2)c1. The van der Waals surface area contributed by atoms with Gasteiger partial charge in [-0.1, -0.05) is 93.9 Å². The van der Waals surface area contributed by atoms with E-state index in [4.69, 9.17) is 4.52 Å². The van der Waals surface area contributed by atoms with E-state index in [1.54, 1.807) is 0 Å². The Morgan fingerprint density at radius 1 is 0.808 bits per heavy atom. The Balaban J connectivity index is 1.65. The van der Waals surface area contributed by atoms with Crippen molar-refractivity contribution >= 4 is 15.9 Å². The van der Waals surface area contributed by atoms with Gasteiger partial charge in [0.1, 0.15) is 0 Å². The molecule has 4 aromatic rings. The Kier molecular flexibility index (Phi) is 4.93. The third-order valence-electron chi connectivity index (χ3n) is 4.33. The van der Waals surface area contributed by atoms with Crippen LogP contribution in [-0.2, 0) is 6.42 Å². The molecule has 4 heteroatoms. The van der Waals surface area contributed by atoms with Crippen molar-refractivity contribution in [1.82, 2.24) is 10.1 Å². The van der Waals surface area contributed by atoms with Crippen molar-refractivity contribution in [3.8, 4) is 11.4 Å². The van der Waals surface area contributed by atoms with Gasteiger partial charge in [-0.25, -0.2) is 0 Å². The lowest BCUT2D eigenvalue weighted by atomic mass is 9.88. The molecule has 128 valence electrons. The second-order valence-electron chi connectivity index (χ2n) is 6.10. The maximum atomic E-state index is 5.56. The normalized spacial score (nSPS) is 11.0. The van der Waals surface area contributed by atoms with E-state index in [0.29, 0.717) is 18.1 Å². The van der Waals surface area contributed by atoms with Crippen LogP contribution >= 0.6 is 15.9 Å². The topological polar surface area (TPSA) is 38.9 Å². The Hall–Kier alpha value is -2.72. The van der Waals surface area contributed by atoms with Crippen molar-refractivity contribution in [1.29, 1.82) is 0 Å². The van der Waals surface area contributed by atoms with Gasteiger partial charge in [-0.3, -0.25) is 0 Å². The molecule has 0 fully saturated rings. The lowest BCUT2D eigenvalue weighted by molar-refractivity contribution is 0.374. The molecule has 0 atom stereocenters. The minimum absolute atomic E-state index is 0.174. The van der Waals surface area contributed by atoms with Crippen LogP contribution in [-0.4, -0.2) is 10.1 Å². The number of halogens is 1. The van der Waals surface area contributed by atoms with Gasteiger partial charge in [-0.15, -0.1) is 0 Å². The van der Waals surface area contributed by atoms with Crippen molar-refractivity contribution in [2.45, 2.75) is 12.3 Å². The molecule has 0 aliphatic heterocycles. The molecular formula is C22H17BrN2O. The van der Waals surface area contributed by atoms with E-state index in [0.717, 1.165) is 10.0 Å². The van der Waals surface area contributed by atoms with Gasteiger partial charge in [0.05, 0.1) is 0 Å². The lowest BCUT2D eigenvalue weighted by Gasteiger charge is -2.16. The first-order valence-corrected chi connectivity index (χ1v) is 9.27. The fourth-order valence-corrected chi connectivity index (χ4v) is 3.46. The molecule has 0 saturated carbocycles. The smallest absolute Gasteiger partial charge is 0.227 e. The fraction of sp³-hybridized carbons (Fsp3) is 0.0909. The van der Waals surface area contributed by atoms with Crippen LogP contribution in [0.25, 0.3) is 11.4 Å². The van der Waals surface area contributed by atoms with Crippen LogP contribution in [0.3, 0.4) is 0 Å². The number of rotatable bonds is 5. The summed E-state index contributed by atoms with van der Waals surface area (Å²) in [7, 11) is 0. The third kappa shape index (κ3) is 3.75. The van der Waals surface area contributed by atoms with E-state index in [2.05, 4.69) is 74.6 Å². The highest BCUT2D eigenvalue weighted by Crippen LogP contribution is 2.29. The summed E-state index contributed by atoms with van der Waals surface area (Å²) in [6, 6.07) is 28.8. The van der Waals surface area contributed by atoms with E-state index < -0.39 is 0 Å². The summed E-state index contributed by atoms with van der Waals surface area (Å²) in [4.78, 5) is 4.61. The monoisotopic (exact) mass is 404 g/mol. The molecule has 0 bridgehead atoms. The molecule has 0 aliphatic rings. The third-order valence-corrected chi connectivity index (χ3v) is 4.83. The zero-order chi connectivity index (χ0) is 17.8. The molecule has 1 heterocycles. The molecule has 3 nitrogen and oxygen atoms in total. The Labute approximate surface area is 160 Å². The first-order valence-electron chi connectivity index (χ1n) is 8.48. The first kappa shape index (κ1) is 16.7. The minimum Gasteiger partial charge on any atom is -0.339 e. The van der Waals surface area contributed by atoms with Crippen LogP contribution in [0.15, 0.2) is 93.9 Å². The van der Waals surface area contributed by atoms with Crippen molar-refractivity contribution < 1.29 is 4.52 Å². The Bertz CT molecular complexity index is 944. The van der Waals surface area contributed by atoms with Crippen molar-refractivity contribution in [3.05, 3.63) is 106 Å². The Morgan fingerprint density at radius 3 is 2.08 bits per heavy atom. The van der Waals surface area contributed by atoms with Crippen molar-refractivity contribution in [2.24, 2.45) is 0 Å². The summed E-state index contributed by atoms with van der Waals surface area (Å²) in [5.41, 5.74) is 3.41. The van der Waals surface area contributed by atoms with Gasteiger partial charge in [-0.2, -0.15) is 4.98 Å². The molecule has 3 aromatic carbocycles. The molecule has 0 N–H and O–H groups in total. The molecule has 1 aromatic heterocycles. The molecule has 26 heavy (non-hydrogen) atoms. The van der Waals surface area contributed by atoms with Crippen LogP contribution in [0.5, 0.6) is 0 Å². The van der Waals surface area contributed by atoms with Gasteiger partial charge in [-0.05, 0) is 23.3 Å². The summed E-state index contributed by atoms with van der Waals surface area (Å²) >= 11 is 3.48. The van der Waals surface area contributed by atoms with Crippen LogP contribution in [0.1, 0.15) is 22.9 Å². The second-order valence-corrected chi connectivity index (χ2v) is 7.02. The highest BCUT2D eigenvalue weighted by atomic mass is 79.9. The van der Waals surface area contributed by atoms with Crippen LogP contribution in [0, 0.1) is 0 Å². The zero-order valence-electron chi connectivity index (χ0n) is 14.0. The van der Waals surface area contributed by atoms with Gasteiger partial charge in [0.2, 0.25) is 11.7 Å². The molecule has 4 rings (SSSR count). The maximum absolute atomic E-state index is 5.56. The van der Waals surface area contributed by atoms with E-state index in [1.165, 1.54) is 11.1 Å². The summed E-state index contributed by atoms with van der Waals surface area (Å²) in [5.74, 6) is 1.42. The van der Waals surface area contributed by atoms with E-state index >= 15 is 0 Å². The summed E-state index contributed by atoms with van der Waals surface area (Å²) < 4.78 is 6.55. The maximum Gasteiger partial charge on any atom is 0.227 e. The standard InChI is InChI=1S/C22H17BrN2O/c23-19-13-7-12-18(14-19)22-24-21(26-25-22)15-20(16-8-3-1-4-9-16)17-10-5-2-6-11-17/h1-14,20H,15H2. The zero-order valence-corrected chi connectivity index (χ0v) is 15.6. The number of benzene rings is 3. The molecule has 0 unspecified atom stereocenters. The van der Waals surface area contributed by atoms with Crippen LogP contribution in [0.2, 0.25) is 0 Å². The van der Waals surface area contributed by atoms with Gasteiger partial charge in [0.15, 0.2) is 0 Å². The van der Waals surface area contributed by atoms with Gasteiger partial charge < -0.3 is 4.52 Å². The van der Waals surface area contributed by atoms with Crippen molar-refractivity contribution in [3.63, 3.8) is 0 Å². The highest BCUT2D eigenvalue weighted by molar-refractivity contribution is 9.10. The molecular weight excluding hydrogens is 388 g/mol. The average molecular weight is 405 g/mol. The molecule has 0 aliphatic carbocycles. The molecule has 0 spiro atoms. The number of hydrogen-bond acceptors (Lipinski definition) is 3. The van der Waals surface area contributed by atoms with E-state index in [9.17, 15) is 0 Å². The quantitative estimate of drug-likeness (QED) is 0.417. The van der Waals surface area contributed by atoms with E-state index in [-0.39, 0.29) is 5.92 Å². The predicted molar refractivity (Wildman–Crippen MR) is 106 cm³/mol. The largest absolute Gasteiger partial charge is 0.339 e. The van der Waals surface area contributed by atoms with Crippen LogP contribution in [0.4, 0.5) is 0 Å². The van der Waals surface area contributed by atoms with Crippen LogP contribution < -0.4 is 0 Å². The summed E-state index contributed by atoms with van der Waals surface area (Å²) in [6.45, 7) is 0. The number of aromatic nitrogens is 2. The summed E-state index contributed by atoms with van der Waals surface area (Å²) in [5, 5.41) is 4.16. The highest BCUT2D eigenvalue weighted by Gasteiger charge is 2.19. The second kappa shape index (κ2) is 7.67. The number of nitrogens with zero attached hydrogens (tertiary/aromatic N) is 2. The van der Waals surface area contributed by atoms with Gasteiger partial charge >= 0.3 is 0 Å².